The molecule has 1 heterocycles. The van der Waals surface area contributed by atoms with Crippen LogP contribution in [-0.2, 0) is 12.8 Å². The van der Waals surface area contributed by atoms with Crippen molar-refractivity contribution in [1.29, 1.82) is 0 Å². The van der Waals surface area contributed by atoms with E-state index < -0.39 is 0 Å². The highest BCUT2D eigenvalue weighted by Crippen LogP contribution is 2.30. The Morgan fingerprint density at radius 1 is 1.17 bits per heavy atom. The second-order valence-corrected chi connectivity index (χ2v) is 6.47. The molecule has 122 valence electrons. The number of hydrogen-bond acceptors (Lipinski definition) is 6. The van der Waals surface area contributed by atoms with Crippen LogP contribution in [-0.4, -0.2) is 34.5 Å². The molecule has 1 aromatic heterocycles. The summed E-state index contributed by atoms with van der Waals surface area (Å²) in [7, 11) is 1.66. The average molecular weight is 331 g/mol. The van der Waals surface area contributed by atoms with Crippen molar-refractivity contribution in [1.82, 2.24) is 9.97 Å². The number of aliphatic hydroxyl groups excluding tert-OH is 1. The number of ether oxygens (including phenoxy) is 1. The van der Waals surface area contributed by atoms with Crippen molar-refractivity contribution in [2.45, 2.75) is 30.8 Å². The number of aromatic nitrogens is 2. The van der Waals surface area contributed by atoms with Gasteiger partial charge in [0.1, 0.15) is 11.6 Å². The van der Waals surface area contributed by atoms with Crippen molar-refractivity contribution in [2.75, 3.05) is 24.8 Å². The first-order chi connectivity index (χ1) is 11.3. The number of aryl methyl sites for hydroxylation is 1. The standard InChI is InChI=1S/C17H21N3O2S/c1-22-13-8-6-12(7-9-13)18-16-14-4-2-3-5-15(14)19-17(20-16)23-11-10-21/h6-9,21H,2-5,10-11H2,1H3,(H,18,19,20). The predicted molar refractivity (Wildman–Crippen MR) is 92.8 cm³/mol. The van der Waals surface area contributed by atoms with Crippen LogP contribution in [0.3, 0.4) is 0 Å². The van der Waals surface area contributed by atoms with Crippen LogP contribution >= 0.6 is 11.8 Å². The van der Waals surface area contributed by atoms with Gasteiger partial charge in [0.15, 0.2) is 5.16 Å². The van der Waals surface area contributed by atoms with E-state index in [1.807, 2.05) is 24.3 Å². The second-order valence-electron chi connectivity index (χ2n) is 5.41. The van der Waals surface area contributed by atoms with Gasteiger partial charge in [-0.2, -0.15) is 0 Å². The number of fused-ring (bicyclic) bond motifs is 1. The van der Waals surface area contributed by atoms with Gasteiger partial charge in [0.25, 0.3) is 0 Å². The minimum Gasteiger partial charge on any atom is -0.497 e. The van der Waals surface area contributed by atoms with Crippen LogP contribution in [0.4, 0.5) is 11.5 Å². The normalized spacial score (nSPS) is 13.5. The number of rotatable bonds is 6. The third-order valence-electron chi connectivity index (χ3n) is 3.84. The molecule has 0 spiro atoms. The molecule has 0 amide bonds. The van der Waals surface area contributed by atoms with Crippen molar-refractivity contribution in [3.8, 4) is 5.75 Å². The molecule has 2 aromatic rings. The van der Waals surface area contributed by atoms with Crippen LogP contribution in [0.1, 0.15) is 24.1 Å². The molecular formula is C17H21N3O2S. The Balaban J connectivity index is 1.88. The average Bonchev–Trinajstić information content (AvgIpc) is 2.60. The number of methoxy groups -OCH3 is 1. The summed E-state index contributed by atoms with van der Waals surface area (Å²) in [4.78, 5) is 9.32. The number of anilines is 2. The zero-order valence-electron chi connectivity index (χ0n) is 13.2. The molecule has 0 bridgehead atoms. The van der Waals surface area contributed by atoms with Gasteiger partial charge in [0.2, 0.25) is 0 Å². The molecule has 23 heavy (non-hydrogen) atoms. The molecule has 0 aliphatic heterocycles. The topological polar surface area (TPSA) is 67.3 Å². The first kappa shape index (κ1) is 16.1. The summed E-state index contributed by atoms with van der Waals surface area (Å²) in [5.74, 6) is 2.33. The summed E-state index contributed by atoms with van der Waals surface area (Å²) in [5.41, 5.74) is 3.35. The lowest BCUT2D eigenvalue weighted by Crippen LogP contribution is -2.12. The summed E-state index contributed by atoms with van der Waals surface area (Å²) in [6, 6.07) is 7.82. The Morgan fingerprint density at radius 2 is 1.96 bits per heavy atom. The Labute approximate surface area is 140 Å². The van der Waals surface area contributed by atoms with Gasteiger partial charge in [-0.25, -0.2) is 9.97 Å². The molecule has 0 fully saturated rings. The van der Waals surface area contributed by atoms with E-state index in [-0.39, 0.29) is 6.61 Å². The number of thioether (sulfide) groups is 1. The lowest BCUT2D eigenvalue weighted by molar-refractivity contribution is 0.322. The van der Waals surface area contributed by atoms with Gasteiger partial charge in [0.05, 0.1) is 19.4 Å². The SMILES string of the molecule is COc1ccc(Nc2nc(SCCO)nc3c2CCCC3)cc1. The minimum absolute atomic E-state index is 0.131. The predicted octanol–water partition coefficient (Wildman–Crippen LogP) is 3.19. The quantitative estimate of drug-likeness (QED) is 0.626. The highest BCUT2D eigenvalue weighted by molar-refractivity contribution is 7.99. The minimum atomic E-state index is 0.131. The van der Waals surface area contributed by atoms with Gasteiger partial charge >= 0.3 is 0 Å². The number of nitrogens with one attached hydrogen (secondary N) is 1. The van der Waals surface area contributed by atoms with Crippen molar-refractivity contribution in [3.63, 3.8) is 0 Å². The fourth-order valence-corrected chi connectivity index (χ4v) is 3.29. The van der Waals surface area contributed by atoms with Crippen molar-refractivity contribution in [2.24, 2.45) is 0 Å². The van der Waals surface area contributed by atoms with Gasteiger partial charge in [-0.3, -0.25) is 0 Å². The molecule has 0 saturated heterocycles. The van der Waals surface area contributed by atoms with Crippen LogP contribution in [0, 0.1) is 0 Å². The van der Waals surface area contributed by atoms with Crippen LogP contribution in [0.2, 0.25) is 0 Å². The van der Waals surface area contributed by atoms with Crippen molar-refractivity contribution >= 4 is 23.3 Å². The molecule has 6 heteroatoms. The summed E-state index contributed by atoms with van der Waals surface area (Å²) in [5, 5.41) is 13.2. The lowest BCUT2D eigenvalue weighted by atomic mass is 9.96. The molecule has 0 unspecified atom stereocenters. The van der Waals surface area contributed by atoms with Crippen LogP contribution < -0.4 is 10.1 Å². The maximum Gasteiger partial charge on any atom is 0.189 e. The van der Waals surface area contributed by atoms with Gasteiger partial charge < -0.3 is 15.2 Å². The van der Waals surface area contributed by atoms with E-state index in [0.29, 0.717) is 5.75 Å². The molecule has 1 aromatic carbocycles. The monoisotopic (exact) mass is 331 g/mol. The smallest absolute Gasteiger partial charge is 0.189 e. The summed E-state index contributed by atoms with van der Waals surface area (Å²) >= 11 is 1.49. The van der Waals surface area contributed by atoms with E-state index in [1.54, 1.807) is 7.11 Å². The lowest BCUT2D eigenvalue weighted by Gasteiger charge is -2.19. The van der Waals surface area contributed by atoms with E-state index >= 15 is 0 Å². The Bertz CT molecular complexity index is 662. The maximum absolute atomic E-state index is 9.02. The fraction of sp³-hybridized carbons (Fsp3) is 0.412. The highest BCUT2D eigenvalue weighted by atomic mass is 32.2. The zero-order valence-corrected chi connectivity index (χ0v) is 14.0. The van der Waals surface area contributed by atoms with E-state index in [2.05, 4.69) is 15.3 Å². The Hall–Kier alpha value is -1.79. The molecule has 0 atom stereocenters. The molecule has 0 saturated carbocycles. The first-order valence-electron chi connectivity index (χ1n) is 7.84. The fourth-order valence-electron chi connectivity index (χ4n) is 2.69. The number of nitrogens with zero attached hydrogens (tertiary/aromatic N) is 2. The maximum atomic E-state index is 9.02. The zero-order chi connectivity index (χ0) is 16.1. The summed E-state index contributed by atoms with van der Waals surface area (Å²) in [6.45, 7) is 0.131. The molecule has 1 aliphatic carbocycles. The van der Waals surface area contributed by atoms with Gasteiger partial charge in [-0.15, -0.1) is 0 Å². The van der Waals surface area contributed by atoms with Crippen LogP contribution in [0.15, 0.2) is 29.4 Å². The second kappa shape index (κ2) is 7.66. The number of benzene rings is 1. The van der Waals surface area contributed by atoms with E-state index in [1.165, 1.54) is 30.2 Å². The van der Waals surface area contributed by atoms with Gasteiger partial charge in [-0.05, 0) is 49.9 Å². The molecule has 0 radical (unpaired) electrons. The molecular weight excluding hydrogens is 310 g/mol. The van der Waals surface area contributed by atoms with Crippen LogP contribution in [0.5, 0.6) is 5.75 Å². The summed E-state index contributed by atoms with van der Waals surface area (Å²) < 4.78 is 5.19. The third kappa shape index (κ3) is 3.95. The van der Waals surface area contributed by atoms with Gasteiger partial charge in [0, 0.05) is 17.0 Å². The summed E-state index contributed by atoms with van der Waals surface area (Å²) in [6.07, 6.45) is 4.37. The number of aliphatic hydroxyl groups is 1. The van der Waals surface area contributed by atoms with E-state index in [4.69, 9.17) is 9.84 Å². The Morgan fingerprint density at radius 3 is 2.70 bits per heavy atom. The largest absolute Gasteiger partial charge is 0.497 e. The third-order valence-corrected chi connectivity index (χ3v) is 4.67. The molecule has 5 nitrogen and oxygen atoms in total. The first-order valence-corrected chi connectivity index (χ1v) is 8.83. The number of hydrogen-bond donors (Lipinski definition) is 2. The van der Waals surface area contributed by atoms with Gasteiger partial charge in [-0.1, -0.05) is 11.8 Å². The molecule has 3 rings (SSSR count). The van der Waals surface area contributed by atoms with Crippen molar-refractivity contribution in [3.05, 3.63) is 35.5 Å². The van der Waals surface area contributed by atoms with E-state index in [9.17, 15) is 0 Å². The highest BCUT2D eigenvalue weighted by Gasteiger charge is 2.18. The molecule has 2 N–H and O–H groups in total. The molecule has 1 aliphatic rings. The van der Waals surface area contributed by atoms with Crippen molar-refractivity contribution < 1.29 is 9.84 Å². The van der Waals surface area contributed by atoms with E-state index in [0.717, 1.165) is 40.9 Å². The van der Waals surface area contributed by atoms with Crippen LogP contribution in [0.25, 0.3) is 0 Å². The Kier molecular flexibility index (Phi) is 5.35.